The summed E-state index contributed by atoms with van der Waals surface area (Å²) in [6.07, 6.45) is 0. The molecule has 2 rings (SSSR count). The lowest BCUT2D eigenvalue weighted by Gasteiger charge is -2.14. The van der Waals surface area contributed by atoms with Crippen molar-refractivity contribution < 1.29 is 9.69 Å². The minimum absolute atomic E-state index is 0.114. The quantitative estimate of drug-likeness (QED) is 0.872. The highest BCUT2D eigenvalue weighted by Crippen LogP contribution is 2.19. The Morgan fingerprint density at radius 3 is 2.52 bits per heavy atom. The number of anilines is 1. The fourth-order valence-electron chi connectivity index (χ4n) is 2.18. The van der Waals surface area contributed by atoms with Gasteiger partial charge in [-0.15, -0.1) is 0 Å². The molecule has 0 bridgehead atoms. The van der Waals surface area contributed by atoms with E-state index in [0.29, 0.717) is 27.8 Å². The number of carbonyl (C=O) groups is 1. The summed E-state index contributed by atoms with van der Waals surface area (Å²) in [6.45, 7) is 1.04. The van der Waals surface area contributed by atoms with Crippen LogP contribution in [0.3, 0.4) is 0 Å². The van der Waals surface area contributed by atoms with Crippen LogP contribution >= 0.6 is 23.2 Å². The number of hydrogen-bond donors (Lipinski definition) is 2. The van der Waals surface area contributed by atoms with Gasteiger partial charge in [0.1, 0.15) is 12.6 Å². The molecule has 1 atom stereocenters. The van der Waals surface area contributed by atoms with E-state index < -0.39 is 0 Å². The molecule has 0 spiro atoms. The van der Waals surface area contributed by atoms with E-state index in [1.807, 2.05) is 37.4 Å². The third-order valence-electron chi connectivity index (χ3n) is 3.25. The molecule has 6 heteroatoms. The van der Waals surface area contributed by atoms with Crippen molar-refractivity contribution in [1.82, 2.24) is 0 Å². The van der Waals surface area contributed by atoms with Crippen molar-refractivity contribution in [3.05, 3.63) is 63.6 Å². The van der Waals surface area contributed by atoms with Gasteiger partial charge in [-0.25, -0.2) is 0 Å². The number of rotatable bonds is 5. The van der Waals surface area contributed by atoms with E-state index in [2.05, 4.69) is 5.32 Å². The molecule has 23 heavy (non-hydrogen) atoms. The molecular formula is C17H16Cl2N3O+. The van der Waals surface area contributed by atoms with Gasteiger partial charge in [0.15, 0.2) is 6.54 Å². The number of carbonyl (C=O) groups excluding carboxylic acids is 1. The summed E-state index contributed by atoms with van der Waals surface area (Å²) in [5.74, 6) is -0.114. The molecule has 0 aliphatic carbocycles. The number of nitrogens with one attached hydrogen (secondary N) is 2. The van der Waals surface area contributed by atoms with Gasteiger partial charge in [-0.2, -0.15) is 5.26 Å². The number of amides is 1. The molecule has 0 aliphatic rings. The Labute approximate surface area is 145 Å². The smallest absolute Gasteiger partial charge is 0.279 e. The Morgan fingerprint density at radius 2 is 1.91 bits per heavy atom. The van der Waals surface area contributed by atoms with Crippen molar-refractivity contribution in [2.24, 2.45) is 0 Å². The summed E-state index contributed by atoms with van der Waals surface area (Å²) in [5.41, 5.74) is 2.08. The Kier molecular flexibility index (Phi) is 6.00. The standard InChI is InChI=1S/C17H15Cl2N3O/c1-22(10-12-2-5-14(18)6-3-12)11-17(23)21-15-7-4-13(9-20)16(19)8-15/h2-8H,10-11H2,1H3,(H,21,23)/p+1. The zero-order chi connectivity index (χ0) is 16.8. The zero-order valence-electron chi connectivity index (χ0n) is 12.6. The van der Waals surface area contributed by atoms with Gasteiger partial charge in [0, 0.05) is 16.3 Å². The zero-order valence-corrected chi connectivity index (χ0v) is 14.1. The number of nitriles is 1. The maximum atomic E-state index is 12.1. The SMILES string of the molecule is C[NH+](CC(=O)Nc1ccc(C#N)c(Cl)c1)Cc1ccc(Cl)cc1. The number of quaternary nitrogens is 1. The number of benzene rings is 2. The molecule has 1 amide bonds. The van der Waals surface area contributed by atoms with Crippen LogP contribution in [0, 0.1) is 11.3 Å². The monoisotopic (exact) mass is 348 g/mol. The van der Waals surface area contributed by atoms with E-state index in [4.69, 9.17) is 28.5 Å². The Bertz CT molecular complexity index is 738. The van der Waals surface area contributed by atoms with Crippen molar-refractivity contribution in [1.29, 1.82) is 5.26 Å². The largest absolute Gasteiger partial charge is 0.326 e. The van der Waals surface area contributed by atoms with Gasteiger partial charge in [-0.1, -0.05) is 35.3 Å². The van der Waals surface area contributed by atoms with Crippen molar-refractivity contribution in [2.45, 2.75) is 6.54 Å². The maximum Gasteiger partial charge on any atom is 0.279 e. The molecule has 0 aliphatic heterocycles. The van der Waals surface area contributed by atoms with E-state index in [0.717, 1.165) is 17.0 Å². The highest BCUT2D eigenvalue weighted by atomic mass is 35.5. The van der Waals surface area contributed by atoms with Crippen LogP contribution in [-0.4, -0.2) is 19.5 Å². The first-order valence-corrected chi connectivity index (χ1v) is 7.79. The number of halogens is 2. The molecule has 2 aromatic carbocycles. The highest BCUT2D eigenvalue weighted by Gasteiger charge is 2.11. The molecule has 4 nitrogen and oxygen atoms in total. The van der Waals surface area contributed by atoms with Crippen LogP contribution < -0.4 is 10.2 Å². The lowest BCUT2D eigenvalue weighted by Crippen LogP contribution is -3.08. The molecule has 1 unspecified atom stereocenters. The summed E-state index contributed by atoms with van der Waals surface area (Å²) in [7, 11) is 1.94. The molecule has 0 fully saturated rings. The molecule has 0 saturated carbocycles. The van der Waals surface area contributed by atoms with E-state index in [9.17, 15) is 4.79 Å². The fraction of sp³-hybridized carbons (Fsp3) is 0.176. The first kappa shape index (κ1) is 17.3. The molecule has 0 aromatic heterocycles. The second-order valence-electron chi connectivity index (χ2n) is 5.29. The Balaban J connectivity index is 1.90. The van der Waals surface area contributed by atoms with Gasteiger partial charge >= 0.3 is 0 Å². The van der Waals surface area contributed by atoms with E-state index in [-0.39, 0.29) is 5.91 Å². The molecule has 118 valence electrons. The number of likely N-dealkylation sites (N-methyl/N-ethyl adjacent to an activating group) is 1. The van der Waals surface area contributed by atoms with Crippen LogP contribution in [0.4, 0.5) is 5.69 Å². The van der Waals surface area contributed by atoms with Crippen LogP contribution in [0.1, 0.15) is 11.1 Å². The second-order valence-corrected chi connectivity index (χ2v) is 6.14. The van der Waals surface area contributed by atoms with Gasteiger partial charge in [-0.3, -0.25) is 4.79 Å². The second kappa shape index (κ2) is 7.98. The minimum atomic E-state index is -0.114. The lowest BCUT2D eigenvalue weighted by atomic mass is 10.2. The minimum Gasteiger partial charge on any atom is -0.326 e. The van der Waals surface area contributed by atoms with Crippen molar-refractivity contribution in [3.63, 3.8) is 0 Å². The third kappa shape index (κ3) is 5.26. The average Bonchev–Trinajstić information content (AvgIpc) is 2.49. The summed E-state index contributed by atoms with van der Waals surface area (Å²) < 4.78 is 0. The first-order chi connectivity index (χ1) is 11.0. The van der Waals surface area contributed by atoms with Crippen LogP contribution in [0.5, 0.6) is 0 Å². The predicted molar refractivity (Wildman–Crippen MR) is 91.7 cm³/mol. The number of hydrogen-bond acceptors (Lipinski definition) is 2. The Hall–Kier alpha value is -2.06. The van der Waals surface area contributed by atoms with E-state index >= 15 is 0 Å². The lowest BCUT2D eigenvalue weighted by molar-refractivity contribution is -0.885. The van der Waals surface area contributed by atoms with Crippen LogP contribution in [0.15, 0.2) is 42.5 Å². The normalized spacial score (nSPS) is 11.6. The van der Waals surface area contributed by atoms with Crippen LogP contribution in [0.25, 0.3) is 0 Å². The molecule has 0 heterocycles. The van der Waals surface area contributed by atoms with Gasteiger partial charge in [0.25, 0.3) is 5.91 Å². The van der Waals surface area contributed by atoms with Gasteiger partial charge in [0.05, 0.1) is 17.6 Å². The molecule has 0 saturated heterocycles. The first-order valence-electron chi connectivity index (χ1n) is 7.03. The van der Waals surface area contributed by atoms with Crippen molar-refractivity contribution in [3.8, 4) is 6.07 Å². The fourth-order valence-corrected chi connectivity index (χ4v) is 2.52. The van der Waals surface area contributed by atoms with E-state index in [1.54, 1.807) is 18.2 Å². The van der Waals surface area contributed by atoms with Crippen LogP contribution in [0.2, 0.25) is 10.0 Å². The summed E-state index contributed by atoms with van der Waals surface area (Å²) in [6, 6.07) is 14.4. The summed E-state index contributed by atoms with van der Waals surface area (Å²) in [4.78, 5) is 13.1. The average molecular weight is 349 g/mol. The molecular weight excluding hydrogens is 333 g/mol. The summed E-state index contributed by atoms with van der Waals surface area (Å²) >= 11 is 11.8. The summed E-state index contributed by atoms with van der Waals surface area (Å²) in [5, 5.41) is 12.6. The van der Waals surface area contributed by atoms with Crippen LogP contribution in [-0.2, 0) is 11.3 Å². The van der Waals surface area contributed by atoms with Crippen molar-refractivity contribution in [2.75, 3.05) is 18.9 Å². The van der Waals surface area contributed by atoms with Crippen molar-refractivity contribution >= 4 is 34.8 Å². The topological polar surface area (TPSA) is 57.3 Å². The Morgan fingerprint density at radius 1 is 1.22 bits per heavy atom. The van der Waals surface area contributed by atoms with E-state index in [1.165, 1.54) is 0 Å². The van der Waals surface area contributed by atoms with Gasteiger partial charge < -0.3 is 10.2 Å². The van der Waals surface area contributed by atoms with Gasteiger partial charge in [0.2, 0.25) is 0 Å². The number of nitrogens with zero attached hydrogens (tertiary/aromatic N) is 1. The maximum absolute atomic E-state index is 12.1. The predicted octanol–water partition coefficient (Wildman–Crippen LogP) is 2.52. The molecule has 2 N–H and O–H groups in total. The van der Waals surface area contributed by atoms with Gasteiger partial charge in [-0.05, 0) is 30.3 Å². The molecule has 2 aromatic rings. The highest BCUT2D eigenvalue weighted by molar-refractivity contribution is 6.32. The third-order valence-corrected chi connectivity index (χ3v) is 3.82. The molecule has 0 radical (unpaired) electrons.